The van der Waals surface area contributed by atoms with Crippen LogP contribution < -0.4 is 10.2 Å². The fourth-order valence-corrected chi connectivity index (χ4v) is 4.48. The van der Waals surface area contributed by atoms with Gasteiger partial charge < -0.3 is 5.32 Å². The Morgan fingerprint density at radius 2 is 1.45 bits per heavy atom. The molecule has 2 aromatic heterocycles. The number of anilines is 5. The Hall–Kier alpha value is -3.70. The third kappa shape index (κ3) is 3.88. The number of benzene rings is 3. The van der Waals surface area contributed by atoms with Crippen LogP contribution in [0.25, 0.3) is 10.2 Å². The number of aromatic nitrogens is 2. The number of thiazole rings is 1. The molecule has 5 rings (SSSR count). The van der Waals surface area contributed by atoms with Crippen molar-refractivity contribution in [1.29, 1.82) is 0 Å². The van der Waals surface area contributed by atoms with Gasteiger partial charge in [-0.25, -0.2) is 9.97 Å². The summed E-state index contributed by atoms with van der Waals surface area (Å²) in [5.74, 6) is 1.69. The summed E-state index contributed by atoms with van der Waals surface area (Å²) in [5, 5.41) is 4.38. The maximum absolute atomic E-state index is 5.03. The van der Waals surface area contributed by atoms with Gasteiger partial charge >= 0.3 is 0 Å². The van der Waals surface area contributed by atoms with E-state index in [1.54, 1.807) is 11.3 Å². The number of fused-ring (bicyclic) bond motifs is 1. The van der Waals surface area contributed by atoms with Crippen LogP contribution in [0.15, 0.2) is 91.0 Å². The van der Waals surface area contributed by atoms with Crippen LogP contribution in [0.2, 0.25) is 0 Å². The maximum Gasteiger partial charge on any atom is 0.196 e. The molecule has 2 heterocycles. The van der Waals surface area contributed by atoms with Crippen LogP contribution >= 0.6 is 11.3 Å². The lowest BCUT2D eigenvalue weighted by molar-refractivity contribution is 1.13. The van der Waals surface area contributed by atoms with E-state index in [4.69, 9.17) is 9.97 Å². The molecule has 0 bridgehead atoms. The SMILES string of the molecule is Cc1cc(N(c2ccccc2)c2nc3ccccc3s2)nc(Nc2ccccc2)c1C. The molecule has 0 amide bonds. The molecule has 0 aliphatic heterocycles. The van der Waals surface area contributed by atoms with Gasteiger partial charge in [0.2, 0.25) is 0 Å². The van der Waals surface area contributed by atoms with Crippen molar-refractivity contribution in [3.63, 3.8) is 0 Å². The summed E-state index contributed by atoms with van der Waals surface area (Å²) in [6.45, 7) is 4.22. The molecule has 0 saturated heterocycles. The van der Waals surface area contributed by atoms with E-state index in [9.17, 15) is 0 Å². The second-order valence-electron chi connectivity index (χ2n) is 7.40. The predicted molar refractivity (Wildman–Crippen MR) is 131 cm³/mol. The zero-order valence-electron chi connectivity index (χ0n) is 17.4. The summed E-state index contributed by atoms with van der Waals surface area (Å²) in [5.41, 5.74) is 5.34. The fourth-order valence-electron chi connectivity index (χ4n) is 3.49. The van der Waals surface area contributed by atoms with Crippen LogP contribution in [0.3, 0.4) is 0 Å². The summed E-state index contributed by atoms with van der Waals surface area (Å²) in [7, 11) is 0. The van der Waals surface area contributed by atoms with Crippen LogP contribution in [0.5, 0.6) is 0 Å². The number of rotatable bonds is 5. The zero-order chi connectivity index (χ0) is 21.2. The van der Waals surface area contributed by atoms with Crippen molar-refractivity contribution >= 4 is 49.7 Å². The van der Waals surface area contributed by atoms with Crippen molar-refractivity contribution < 1.29 is 0 Å². The molecule has 1 N–H and O–H groups in total. The standard InChI is InChI=1S/C26H22N4S/c1-18-17-24(29-25(19(18)2)27-20-11-5-3-6-12-20)30(21-13-7-4-8-14-21)26-28-22-15-9-10-16-23(22)31-26/h3-17H,1-2H3,(H,27,29). The fraction of sp³-hybridized carbons (Fsp3) is 0.0769. The van der Waals surface area contributed by atoms with Gasteiger partial charge in [0.25, 0.3) is 0 Å². The molecule has 0 atom stereocenters. The minimum atomic E-state index is 0.840. The van der Waals surface area contributed by atoms with E-state index in [1.165, 1.54) is 5.56 Å². The van der Waals surface area contributed by atoms with Gasteiger partial charge in [-0.15, -0.1) is 0 Å². The van der Waals surface area contributed by atoms with Gasteiger partial charge in [0, 0.05) is 11.4 Å². The monoisotopic (exact) mass is 422 g/mol. The van der Waals surface area contributed by atoms with E-state index in [0.29, 0.717) is 0 Å². The minimum absolute atomic E-state index is 0.840. The summed E-state index contributed by atoms with van der Waals surface area (Å²) >= 11 is 1.67. The first kappa shape index (κ1) is 19.3. The molecule has 0 radical (unpaired) electrons. The number of nitrogens with zero attached hydrogens (tertiary/aromatic N) is 3. The summed E-state index contributed by atoms with van der Waals surface area (Å²) in [6, 6.07) is 30.8. The number of hydrogen-bond acceptors (Lipinski definition) is 5. The van der Waals surface area contributed by atoms with Crippen molar-refractivity contribution in [1.82, 2.24) is 9.97 Å². The molecule has 0 unspecified atom stereocenters. The second-order valence-corrected chi connectivity index (χ2v) is 8.41. The van der Waals surface area contributed by atoms with Gasteiger partial charge in [0.1, 0.15) is 11.6 Å². The second kappa shape index (κ2) is 8.20. The topological polar surface area (TPSA) is 41.1 Å². The summed E-state index contributed by atoms with van der Waals surface area (Å²) in [4.78, 5) is 12.1. The maximum atomic E-state index is 5.03. The largest absolute Gasteiger partial charge is 0.340 e. The highest BCUT2D eigenvalue weighted by molar-refractivity contribution is 7.22. The van der Waals surface area contributed by atoms with Gasteiger partial charge in [-0.3, -0.25) is 4.90 Å². The Labute approximate surface area is 185 Å². The number of nitrogens with one attached hydrogen (secondary N) is 1. The number of para-hydroxylation sites is 3. The van der Waals surface area contributed by atoms with E-state index in [1.807, 2.05) is 60.7 Å². The van der Waals surface area contributed by atoms with E-state index >= 15 is 0 Å². The van der Waals surface area contributed by atoms with Crippen LogP contribution in [0.4, 0.5) is 28.1 Å². The molecule has 4 nitrogen and oxygen atoms in total. The summed E-state index contributed by atoms with van der Waals surface area (Å²) < 4.78 is 1.16. The molecule has 3 aromatic carbocycles. The molecule has 152 valence electrons. The van der Waals surface area contributed by atoms with Gasteiger partial charge in [0.05, 0.1) is 10.2 Å². The number of hydrogen-bond donors (Lipinski definition) is 1. The van der Waals surface area contributed by atoms with E-state index in [-0.39, 0.29) is 0 Å². The molecule has 31 heavy (non-hydrogen) atoms. The van der Waals surface area contributed by atoms with Gasteiger partial charge in [-0.1, -0.05) is 59.9 Å². The Kier molecular flexibility index (Phi) is 5.10. The molecular weight excluding hydrogens is 400 g/mol. The zero-order valence-corrected chi connectivity index (χ0v) is 18.2. The highest BCUT2D eigenvalue weighted by Crippen LogP contribution is 2.39. The Morgan fingerprint density at radius 3 is 2.19 bits per heavy atom. The van der Waals surface area contributed by atoms with Crippen molar-refractivity contribution in [3.8, 4) is 0 Å². The molecular formula is C26H22N4S. The van der Waals surface area contributed by atoms with Crippen LogP contribution in [0.1, 0.15) is 11.1 Å². The first-order valence-electron chi connectivity index (χ1n) is 10.2. The van der Waals surface area contributed by atoms with Gasteiger partial charge in [-0.2, -0.15) is 0 Å². The lowest BCUT2D eigenvalue weighted by Crippen LogP contribution is -2.13. The van der Waals surface area contributed by atoms with Crippen LogP contribution in [-0.2, 0) is 0 Å². The average Bonchev–Trinajstić information content (AvgIpc) is 3.22. The lowest BCUT2D eigenvalue weighted by Gasteiger charge is -2.23. The first-order valence-corrected chi connectivity index (χ1v) is 11.0. The van der Waals surface area contributed by atoms with Crippen LogP contribution in [0, 0.1) is 13.8 Å². The third-order valence-electron chi connectivity index (χ3n) is 5.27. The van der Waals surface area contributed by atoms with Crippen LogP contribution in [-0.4, -0.2) is 9.97 Å². The number of aryl methyl sites for hydroxylation is 1. The van der Waals surface area contributed by atoms with E-state index < -0.39 is 0 Å². The molecule has 0 aliphatic rings. The first-order chi connectivity index (χ1) is 15.2. The Bertz CT molecular complexity index is 1300. The normalized spacial score (nSPS) is 10.9. The van der Waals surface area contributed by atoms with Crippen molar-refractivity contribution in [2.75, 3.05) is 10.2 Å². The molecule has 5 heteroatoms. The molecule has 0 saturated carbocycles. The van der Waals surface area contributed by atoms with E-state index in [2.05, 4.69) is 54.4 Å². The van der Waals surface area contributed by atoms with Gasteiger partial charge in [0.15, 0.2) is 5.13 Å². The smallest absolute Gasteiger partial charge is 0.196 e. The van der Waals surface area contributed by atoms with Crippen molar-refractivity contribution in [2.24, 2.45) is 0 Å². The van der Waals surface area contributed by atoms with Crippen molar-refractivity contribution in [3.05, 3.63) is 102 Å². The third-order valence-corrected chi connectivity index (χ3v) is 6.29. The highest BCUT2D eigenvalue weighted by Gasteiger charge is 2.20. The van der Waals surface area contributed by atoms with Crippen molar-refractivity contribution in [2.45, 2.75) is 13.8 Å². The Balaban J connectivity index is 1.66. The predicted octanol–water partition coefficient (Wildman–Crippen LogP) is 7.52. The summed E-state index contributed by atoms with van der Waals surface area (Å²) in [6.07, 6.45) is 0. The number of pyridine rings is 1. The molecule has 0 aliphatic carbocycles. The molecule has 5 aromatic rings. The quantitative estimate of drug-likeness (QED) is 0.318. The van der Waals surface area contributed by atoms with Gasteiger partial charge in [-0.05, 0) is 67.4 Å². The minimum Gasteiger partial charge on any atom is -0.340 e. The molecule has 0 fully saturated rings. The molecule has 0 spiro atoms. The average molecular weight is 423 g/mol. The van der Waals surface area contributed by atoms with E-state index in [0.717, 1.165) is 43.9 Å². The lowest BCUT2D eigenvalue weighted by atomic mass is 10.1. The highest BCUT2D eigenvalue weighted by atomic mass is 32.1. The Morgan fingerprint density at radius 1 is 0.774 bits per heavy atom.